The van der Waals surface area contributed by atoms with Gasteiger partial charge in [-0.3, -0.25) is 0 Å². The summed E-state index contributed by atoms with van der Waals surface area (Å²) in [5, 5.41) is 9.64. The lowest BCUT2D eigenvalue weighted by Crippen LogP contribution is -2.21. The van der Waals surface area contributed by atoms with Crippen molar-refractivity contribution in [3.8, 4) is 0 Å². The van der Waals surface area contributed by atoms with Gasteiger partial charge in [0.15, 0.2) is 0 Å². The molecular weight excluding hydrogens is 144 g/mol. The van der Waals surface area contributed by atoms with Crippen LogP contribution in [0.25, 0.3) is 0 Å². The molecule has 0 amide bonds. The van der Waals surface area contributed by atoms with Crippen LogP contribution < -0.4 is 0 Å². The molecule has 1 fully saturated rings. The van der Waals surface area contributed by atoms with E-state index in [-0.39, 0.29) is 11.4 Å². The van der Waals surface area contributed by atoms with Gasteiger partial charge in [0, 0.05) is 5.25 Å². The molecule has 0 spiro atoms. The minimum absolute atomic E-state index is 0.149. The number of aliphatic hydroxyl groups is 1. The summed E-state index contributed by atoms with van der Waals surface area (Å²) in [6.07, 6.45) is 6.92. The van der Waals surface area contributed by atoms with Gasteiger partial charge < -0.3 is 5.11 Å². The molecule has 1 nitrogen and oxygen atoms in total. The third-order valence-electron chi connectivity index (χ3n) is 2.19. The normalized spacial score (nSPS) is 36.6. The van der Waals surface area contributed by atoms with Crippen molar-refractivity contribution in [3.05, 3.63) is 0 Å². The van der Waals surface area contributed by atoms with Gasteiger partial charge in [0.1, 0.15) is 0 Å². The van der Waals surface area contributed by atoms with Gasteiger partial charge >= 0.3 is 0 Å². The van der Waals surface area contributed by atoms with Crippen molar-refractivity contribution in [2.24, 2.45) is 0 Å². The lowest BCUT2D eigenvalue weighted by atomic mass is 9.98. The molecule has 0 aliphatic heterocycles. The predicted molar refractivity (Wildman–Crippen MR) is 46.5 cm³/mol. The van der Waals surface area contributed by atoms with Crippen molar-refractivity contribution in [2.45, 2.75) is 49.9 Å². The largest absolute Gasteiger partial charge is 0.392 e. The van der Waals surface area contributed by atoms with Crippen LogP contribution in [0.4, 0.5) is 0 Å². The number of rotatable bonds is 0. The molecule has 2 heteroatoms. The smallest absolute Gasteiger partial charge is 0.0656 e. The van der Waals surface area contributed by atoms with Gasteiger partial charge in [-0.1, -0.05) is 25.7 Å². The SMILES string of the molecule is OC1CCCCCCC1S. The highest BCUT2D eigenvalue weighted by Crippen LogP contribution is 2.20. The fraction of sp³-hybridized carbons (Fsp3) is 1.00. The first-order valence-corrected chi connectivity index (χ1v) is 4.68. The van der Waals surface area contributed by atoms with Gasteiger partial charge in [0.05, 0.1) is 6.10 Å². The van der Waals surface area contributed by atoms with E-state index in [0.717, 1.165) is 12.8 Å². The molecule has 1 saturated carbocycles. The van der Waals surface area contributed by atoms with Gasteiger partial charge in [-0.2, -0.15) is 12.6 Å². The number of thiol groups is 1. The Bertz CT molecular complexity index is 83.3. The highest BCUT2D eigenvalue weighted by atomic mass is 32.1. The van der Waals surface area contributed by atoms with Crippen molar-refractivity contribution in [1.82, 2.24) is 0 Å². The molecule has 1 aliphatic rings. The molecule has 0 aromatic carbocycles. The zero-order chi connectivity index (χ0) is 7.40. The lowest BCUT2D eigenvalue weighted by molar-refractivity contribution is 0.148. The summed E-state index contributed by atoms with van der Waals surface area (Å²) in [7, 11) is 0. The highest BCUT2D eigenvalue weighted by molar-refractivity contribution is 7.81. The molecule has 10 heavy (non-hydrogen) atoms. The predicted octanol–water partition coefficient (Wildman–Crippen LogP) is 2.00. The van der Waals surface area contributed by atoms with Crippen LogP contribution in [0.2, 0.25) is 0 Å². The van der Waals surface area contributed by atoms with Crippen LogP contribution in [0.5, 0.6) is 0 Å². The van der Waals surface area contributed by atoms with Crippen molar-refractivity contribution < 1.29 is 5.11 Å². The van der Waals surface area contributed by atoms with E-state index in [0.29, 0.717) is 0 Å². The Morgan fingerprint density at radius 3 is 2.30 bits per heavy atom. The minimum Gasteiger partial charge on any atom is -0.392 e. The molecule has 0 aromatic heterocycles. The Kier molecular flexibility index (Phi) is 3.57. The highest BCUT2D eigenvalue weighted by Gasteiger charge is 2.15. The first-order chi connectivity index (χ1) is 4.80. The fourth-order valence-corrected chi connectivity index (χ4v) is 1.78. The van der Waals surface area contributed by atoms with E-state index in [4.69, 9.17) is 0 Å². The Morgan fingerprint density at radius 1 is 1.00 bits per heavy atom. The monoisotopic (exact) mass is 160 g/mol. The first-order valence-electron chi connectivity index (χ1n) is 4.17. The molecular formula is C8H16OS. The van der Waals surface area contributed by atoms with Crippen molar-refractivity contribution in [3.63, 3.8) is 0 Å². The molecule has 0 radical (unpaired) electrons. The molecule has 2 unspecified atom stereocenters. The summed E-state index contributed by atoms with van der Waals surface area (Å²) >= 11 is 4.32. The average molecular weight is 160 g/mol. The van der Waals surface area contributed by atoms with Gasteiger partial charge in [0.2, 0.25) is 0 Å². The summed E-state index contributed by atoms with van der Waals surface area (Å²) in [6, 6.07) is 0. The molecule has 1 rings (SSSR count). The van der Waals surface area contributed by atoms with Crippen LogP contribution in [-0.2, 0) is 0 Å². The average Bonchev–Trinajstić information content (AvgIpc) is 1.92. The first kappa shape index (κ1) is 8.41. The molecule has 0 heterocycles. The molecule has 2 atom stereocenters. The number of hydrogen-bond acceptors (Lipinski definition) is 2. The summed E-state index contributed by atoms with van der Waals surface area (Å²) in [4.78, 5) is 0. The molecule has 1 N–H and O–H groups in total. The fourth-order valence-electron chi connectivity index (χ4n) is 1.45. The standard InChI is InChI=1S/C8H16OS/c9-7-5-3-1-2-4-6-8(7)10/h7-10H,1-6H2. The van der Waals surface area contributed by atoms with E-state index in [1.807, 2.05) is 0 Å². The van der Waals surface area contributed by atoms with Crippen LogP contribution in [0.15, 0.2) is 0 Å². The maximum absolute atomic E-state index is 9.41. The third-order valence-corrected chi connectivity index (χ3v) is 2.80. The maximum atomic E-state index is 9.41. The van der Waals surface area contributed by atoms with Crippen LogP contribution in [0, 0.1) is 0 Å². The van der Waals surface area contributed by atoms with E-state index in [1.54, 1.807) is 0 Å². The second kappa shape index (κ2) is 4.24. The topological polar surface area (TPSA) is 20.2 Å². The summed E-state index contributed by atoms with van der Waals surface area (Å²) in [6.45, 7) is 0. The third kappa shape index (κ3) is 2.51. The summed E-state index contributed by atoms with van der Waals surface area (Å²) in [5.41, 5.74) is 0. The van der Waals surface area contributed by atoms with E-state index >= 15 is 0 Å². The Labute approximate surface area is 68.2 Å². The zero-order valence-corrected chi connectivity index (χ0v) is 7.19. The molecule has 0 aromatic rings. The molecule has 0 saturated heterocycles. The number of hydrogen-bond donors (Lipinski definition) is 2. The molecule has 60 valence electrons. The van der Waals surface area contributed by atoms with Crippen LogP contribution in [0.3, 0.4) is 0 Å². The lowest BCUT2D eigenvalue weighted by Gasteiger charge is -2.20. The second-order valence-electron chi connectivity index (χ2n) is 3.13. The van der Waals surface area contributed by atoms with E-state index in [9.17, 15) is 5.11 Å². The van der Waals surface area contributed by atoms with Crippen LogP contribution in [0.1, 0.15) is 38.5 Å². The molecule has 1 aliphatic carbocycles. The Morgan fingerprint density at radius 2 is 1.60 bits per heavy atom. The van der Waals surface area contributed by atoms with Gasteiger partial charge in [-0.15, -0.1) is 0 Å². The molecule has 0 bridgehead atoms. The summed E-state index contributed by atoms with van der Waals surface area (Å²) < 4.78 is 0. The second-order valence-corrected chi connectivity index (χ2v) is 3.79. The van der Waals surface area contributed by atoms with Gasteiger partial charge in [-0.05, 0) is 12.8 Å². The van der Waals surface area contributed by atoms with E-state index < -0.39 is 0 Å². The summed E-state index contributed by atoms with van der Waals surface area (Å²) in [5.74, 6) is 0. The Hall–Kier alpha value is 0.310. The maximum Gasteiger partial charge on any atom is 0.0656 e. The van der Waals surface area contributed by atoms with Crippen molar-refractivity contribution in [2.75, 3.05) is 0 Å². The van der Waals surface area contributed by atoms with Crippen molar-refractivity contribution >= 4 is 12.6 Å². The van der Waals surface area contributed by atoms with Crippen molar-refractivity contribution in [1.29, 1.82) is 0 Å². The van der Waals surface area contributed by atoms with Crippen LogP contribution >= 0.6 is 12.6 Å². The quantitative estimate of drug-likeness (QED) is 0.519. The number of aliphatic hydroxyl groups excluding tert-OH is 1. The van der Waals surface area contributed by atoms with Crippen LogP contribution in [-0.4, -0.2) is 16.5 Å². The Balaban J connectivity index is 2.28. The van der Waals surface area contributed by atoms with E-state index in [2.05, 4.69) is 12.6 Å². The van der Waals surface area contributed by atoms with Gasteiger partial charge in [0.25, 0.3) is 0 Å². The zero-order valence-electron chi connectivity index (χ0n) is 6.29. The van der Waals surface area contributed by atoms with Gasteiger partial charge in [-0.25, -0.2) is 0 Å². The van der Waals surface area contributed by atoms with E-state index in [1.165, 1.54) is 25.7 Å². The minimum atomic E-state index is -0.149.